The van der Waals surface area contributed by atoms with E-state index in [0.717, 1.165) is 24.7 Å². The Balaban J connectivity index is 0.00000320. The number of hydrogen-bond donors (Lipinski definition) is 2. The minimum atomic E-state index is 0. The molecule has 2 N–H and O–H groups in total. The van der Waals surface area contributed by atoms with Crippen LogP contribution in [-0.2, 0) is 17.9 Å². The van der Waals surface area contributed by atoms with Crippen LogP contribution in [0.3, 0.4) is 0 Å². The molecule has 1 aliphatic rings. The monoisotopic (exact) mass is 522 g/mol. The standard InChI is InChI=1S/C23H30N4O2.HI/c1-18-5-11-21(12-6-18)29-15-13-25-23(24-2)26-16-19-7-9-20(10-8-19)17-27-14-3-4-22(27)28;/h5-12H,3-4,13-17H2,1-2H3,(H2,24,25,26);1H. The third-order valence-corrected chi connectivity index (χ3v) is 4.94. The summed E-state index contributed by atoms with van der Waals surface area (Å²) in [5.41, 5.74) is 3.55. The Morgan fingerprint density at radius 3 is 2.40 bits per heavy atom. The van der Waals surface area contributed by atoms with Crippen molar-refractivity contribution in [2.45, 2.75) is 32.9 Å². The number of ether oxygens (including phenoxy) is 1. The average Bonchev–Trinajstić information content (AvgIpc) is 3.14. The second-order valence-corrected chi connectivity index (χ2v) is 7.25. The van der Waals surface area contributed by atoms with Gasteiger partial charge in [0, 0.05) is 33.1 Å². The van der Waals surface area contributed by atoms with E-state index in [4.69, 9.17) is 4.74 Å². The molecule has 3 rings (SSSR count). The summed E-state index contributed by atoms with van der Waals surface area (Å²) in [7, 11) is 1.76. The molecule has 0 saturated carbocycles. The molecule has 2 aromatic rings. The summed E-state index contributed by atoms with van der Waals surface area (Å²) < 4.78 is 5.72. The van der Waals surface area contributed by atoms with Gasteiger partial charge in [-0.1, -0.05) is 42.0 Å². The van der Waals surface area contributed by atoms with Crippen LogP contribution in [0.15, 0.2) is 53.5 Å². The number of guanidine groups is 1. The topological polar surface area (TPSA) is 66.0 Å². The molecular weight excluding hydrogens is 491 g/mol. The van der Waals surface area contributed by atoms with Gasteiger partial charge in [-0.2, -0.15) is 0 Å². The highest BCUT2D eigenvalue weighted by Gasteiger charge is 2.19. The van der Waals surface area contributed by atoms with Crippen LogP contribution < -0.4 is 15.4 Å². The first kappa shape index (κ1) is 24.0. The Morgan fingerprint density at radius 2 is 1.77 bits per heavy atom. The molecule has 0 radical (unpaired) electrons. The molecule has 0 bridgehead atoms. The molecule has 2 aromatic carbocycles. The number of aryl methyl sites for hydroxylation is 1. The van der Waals surface area contributed by atoms with Crippen molar-refractivity contribution in [3.63, 3.8) is 0 Å². The maximum atomic E-state index is 11.7. The smallest absolute Gasteiger partial charge is 0.222 e. The molecule has 1 saturated heterocycles. The molecule has 7 heteroatoms. The minimum Gasteiger partial charge on any atom is -0.492 e. The SMILES string of the molecule is CN=C(NCCOc1ccc(C)cc1)NCc1ccc(CN2CCCC2=O)cc1.I. The van der Waals surface area contributed by atoms with E-state index >= 15 is 0 Å². The minimum absolute atomic E-state index is 0. The van der Waals surface area contributed by atoms with E-state index in [1.54, 1.807) is 7.05 Å². The van der Waals surface area contributed by atoms with Gasteiger partial charge in [-0.3, -0.25) is 9.79 Å². The maximum absolute atomic E-state index is 11.7. The van der Waals surface area contributed by atoms with E-state index in [-0.39, 0.29) is 29.9 Å². The third-order valence-electron chi connectivity index (χ3n) is 4.94. The molecule has 1 aliphatic heterocycles. The zero-order valence-corrected chi connectivity index (χ0v) is 20.0. The Bertz CT molecular complexity index is 822. The number of likely N-dealkylation sites (tertiary alicyclic amines) is 1. The summed E-state index contributed by atoms with van der Waals surface area (Å²) in [5, 5.41) is 6.57. The zero-order valence-electron chi connectivity index (χ0n) is 17.7. The summed E-state index contributed by atoms with van der Waals surface area (Å²) in [4.78, 5) is 17.9. The maximum Gasteiger partial charge on any atom is 0.222 e. The van der Waals surface area contributed by atoms with E-state index in [1.807, 2.05) is 29.2 Å². The van der Waals surface area contributed by atoms with Gasteiger partial charge in [-0.05, 0) is 36.6 Å². The average molecular weight is 522 g/mol. The highest BCUT2D eigenvalue weighted by Crippen LogP contribution is 2.15. The van der Waals surface area contributed by atoms with E-state index in [9.17, 15) is 4.79 Å². The van der Waals surface area contributed by atoms with Crippen molar-refractivity contribution in [2.24, 2.45) is 4.99 Å². The number of carbonyl (C=O) groups is 1. The molecule has 1 fully saturated rings. The molecular formula is C23H31IN4O2. The van der Waals surface area contributed by atoms with Crippen molar-refractivity contribution in [1.29, 1.82) is 0 Å². The fraction of sp³-hybridized carbons (Fsp3) is 0.391. The molecule has 1 amide bonds. The molecule has 1 heterocycles. The first-order chi connectivity index (χ1) is 14.1. The van der Waals surface area contributed by atoms with Crippen LogP contribution in [0.2, 0.25) is 0 Å². The predicted molar refractivity (Wildman–Crippen MR) is 131 cm³/mol. The van der Waals surface area contributed by atoms with Gasteiger partial charge in [-0.25, -0.2) is 0 Å². The lowest BCUT2D eigenvalue weighted by Crippen LogP contribution is -2.38. The summed E-state index contributed by atoms with van der Waals surface area (Å²) in [6.45, 7) is 5.54. The van der Waals surface area contributed by atoms with E-state index in [1.165, 1.54) is 16.7 Å². The highest BCUT2D eigenvalue weighted by atomic mass is 127. The molecule has 162 valence electrons. The van der Waals surface area contributed by atoms with Gasteiger partial charge >= 0.3 is 0 Å². The number of amides is 1. The van der Waals surface area contributed by atoms with Gasteiger partial charge in [0.1, 0.15) is 12.4 Å². The number of nitrogens with zero attached hydrogens (tertiary/aromatic N) is 2. The Hall–Kier alpha value is -2.29. The molecule has 0 aliphatic carbocycles. The first-order valence-electron chi connectivity index (χ1n) is 10.1. The van der Waals surface area contributed by atoms with Crippen molar-refractivity contribution < 1.29 is 9.53 Å². The molecule has 6 nitrogen and oxygen atoms in total. The molecule has 0 spiro atoms. The lowest BCUT2D eigenvalue weighted by molar-refractivity contribution is -0.128. The first-order valence-corrected chi connectivity index (χ1v) is 10.1. The number of aliphatic imine (C=N–C) groups is 1. The van der Waals surface area contributed by atoms with E-state index in [2.05, 4.69) is 46.8 Å². The zero-order chi connectivity index (χ0) is 20.5. The summed E-state index contributed by atoms with van der Waals surface area (Å²) in [5.74, 6) is 1.87. The van der Waals surface area contributed by atoms with Gasteiger partial charge in [-0.15, -0.1) is 24.0 Å². The van der Waals surface area contributed by atoms with Crippen LogP contribution in [-0.4, -0.2) is 43.5 Å². The van der Waals surface area contributed by atoms with Crippen molar-refractivity contribution in [1.82, 2.24) is 15.5 Å². The largest absolute Gasteiger partial charge is 0.492 e. The summed E-state index contributed by atoms with van der Waals surface area (Å²) >= 11 is 0. The summed E-state index contributed by atoms with van der Waals surface area (Å²) in [6, 6.07) is 16.4. The Kier molecular flexibility index (Phi) is 9.93. The van der Waals surface area contributed by atoms with Crippen molar-refractivity contribution in [3.8, 4) is 5.75 Å². The van der Waals surface area contributed by atoms with Crippen molar-refractivity contribution >= 4 is 35.8 Å². The number of nitrogens with one attached hydrogen (secondary N) is 2. The van der Waals surface area contributed by atoms with Gasteiger partial charge in [0.2, 0.25) is 5.91 Å². The highest BCUT2D eigenvalue weighted by molar-refractivity contribution is 14.0. The van der Waals surface area contributed by atoms with Gasteiger partial charge in [0.15, 0.2) is 5.96 Å². The van der Waals surface area contributed by atoms with Crippen LogP contribution in [0.4, 0.5) is 0 Å². The van der Waals surface area contributed by atoms with E-state index < -0.39 is 0 Å². The van der Waals surface area contributed by atoms with Crippen molar-refractivity contribution in [3.05, 3.63) is 65.2 Å². The summed E-state index contributed by atoms with van der Waals surface area (Å²) in [6.07, 6.45) is 1.66. The Labute approximate surface area is 196 Å². The third kappa shape index (κ3) is 7.51. The number of carbonyl (C=O) groups excluding carboxylic acids is 1. The predicted octanol–water partition coefficient (Wildman–Crippen LogP) is 3.48. The van der Waals surface area contributed by atoms with Gasteiger partial charge < -0.3 is 20.3 Å². The molecule has 0 aromatic heterocycles. The van der Waals surface area contributed by atoms with Gasteiger partial charge in [0.25, 0.3) is 0 Å². The lowest BCUT2D eigenvalue weighted by Gasteiger charge is -2.16. The second-order valence-electron chi connectivity index (χ2n) is 7.25. The lowest BCUT2D eigenvalue weighted by atomic mass is 10.1. The number of hydrogen-bond acceptors (Lipinski definition) is 3. The van der Waals surface area contributed by atoms with Crippen LogP contribution in [0.5, 0.6) is 5.75 Å². The van der Waals surface area contributed by atoms with Crippen LogP contribution in [0, 0.1) is 6.92 Å². The van der Waals surface area contributed by atoms with Crippen molar-refractivity contribution in [2.75, 3.05) is 26.7 Å². The second kappa shape index (κ2) is 12.4. The quantitative estimate of drug-likeness (QED) is 0.241. The van der Waals surface area contributed by atoms with Crippen LogP contribution in [0.1, 0.15) is 29.5 Å². The number of rotatable bonds is 8. The molecule has 0 unspecified atom stereocenters. The van der Waals surface area contributed by atoms with Crippen LogP contribution >= 0.6 is 24.0 Å². The number of benzene rings is 2. The van der Waals surface area contributed by atoms with Crippen LogP contribution in [0.25, 0.3) is 0 Å². The Morgan fingerprint density at radius 1 is 1.07 bits per heavy atom. The number of halogens is 1. The molecule has 30 heavy (non-hydrogen) atoms. The normalized spacial score (nSPS) is 13.7. The van der Waals surface area contributed by atoms with E-state index in [0.29, 0.717) is 32.7 Å². The van der Waals surface area contributed by atoms with Gasteiger partial charge in [0.05, 0.1) is 6.54 Å². The molecule has 0 atom stereocenters. The fourth-order valence-corrected chi connectivity index (χ4v) is 3.23. The fourth-order valence-electron chi connectivity index (χ4n) is 3.23.